The van der Waals surface area contributed by atoms with E-state index >= 15 is 0 Å². The summed E-state index contributed by atoms with van der Waals surface area (Å²) in [7, 11) is 0. The van der Waals surface area contributed by atoms with Crippen LogP contribution in [0.25, 0.3) is 0 Å². The van der Waals surface area contributed by atoms with Crippen molar-refractivity contribution in [2.75, 3.05) is 32.8 Å². The Morgan fingerprint density at radius 1 is 1.00 bits per heavy atom. The van der Waals surface area contributed by atoms with Gasteiger partial charge in [-0.2, -0.15) is 0 Å². The van der Waals surface area contributed by atoms with Crippen molar-refractivity contribution in [3.05, 3.63) is 65.2 Å². The molecule has 2 aromatic rings. The summed E-state index contributed by atoms with van der Waals surface area (Å²) >= 11 is 0. The van der Waals surface area contributed by atoms with Gasteiger partial charge in [-0.05, 0) is 92.9 Å². The van der Waals surface area contributed by atoms with E-state index in [9.17, 15) is 0 Å². The molecule has 0 radical (unpaired) electrons. The van der Waals surface area contributed by atoms with Crippen molar-refractivity contribution in [1.29, 1.82) is 0 Å². The quantitative estimate of drug-likeness (QED) is 0.653. The smallest absolute Gasteiger partial charge is 0.119 e. The second-order valence-corrected chi connectivity index (χ2v) is 8.41. The van der Waals surface area contributed by atoms with Gasteiger partial charge in [0.2, 0.25) is 0 Å². The summed E-state index contributed by atoms with van der Waals surface area (Å²) in [6.45, 7) is 6.62. The lowest BCUT2D eigenvalue weighted by atomic mass is 9.83. The van der Waals surface area contributed by atoms with Crippen LogP contribution < -0.4 is 10.1 Å². The van der Waals surface area contributed by atoms with Gasteiger partial charge in [0.05, 0.1) is 6.61 Å². The van der Waals surface area contributed by atoms with E-state index in [1.807, 2.05) is 0 Å². The fourth-order valence-electron chi connectivity index (χ4n) is 4.60. The molecule has 0 spiro atoms. The van der Waals surface area contributed by atoms with Gasteiger partial charge in [-0.3, -0.25) is 0 Å². The molecule has 1 saturated heterocycles. The van der Waals surface area contributed by atoms with Crippen LogP contribution in [0.2, 0.25) is 0 Å². The highest BCUT2D eigenvalue weighted by atomic mass is 16.5. The van der Waals surface area contributed by atoms with Gasteiger partial charge < -0.3 is 15.0 Å². The SMILES string of the molecule is c1ccc(CNCCCOc2ccc3c(c2)CCC(CN2CCCC2)C3)cc1. The molecule has 28 heavy (non-hydrogen) atoms. The van der Waals surface area contributed by atoms with Crippen LogP contribution in [0.3, 0.4) is 0 Å². The number of hydrogen-bond donors (Lipinski definition) is 1. The Morgan fingerprint density at radius 3 is 2.71 bits per heavy atom. The summed E-state index contributed by atoms with van der Waals surface area (Å²) in [5, 5.41) is 3.49. The minimum Gasteiger partial charge on any atom is -0.494 e. The van der Waals surface area contributed by atoms with Crippen molar-refractivity contribution >= 4 is 0 Å². The minimum atomic E-state index is 0.776. The Labute approximate surface area is 170 Å². The van der Waals surface area contributed by atoms with Crippen LogP contribution >= 0.6 is 0 Å². The number of fused-ring (bicyclic) bond motifs is 1. The van der Waals surface area contributed by atoms with Crippen LogP contribution in [-0.2, 0) is 19.4 Å². The van der Waals surface area contributed by atoms with Crippen LogP contribution in [0.5, 0.6) is 5.75 Å². The van der Waals surface area contributed by atoms with Crippen LogP contribution in [0.4, 0.5) is 0 Å². The fraction of sp³-hybridized carbons (Fsp3) is 0.520. The average Bonchev–Trinajstić information content (AvgIpc) is 3.24. The third kappa shape index (κ3) is 5.59. The van der Waals surface area contributed by atoms with E-state index in [-0.39, 0.29) is 0 Å². The van der Waals surface area contributed by atoms with Gasteiger partial charge >= 0.3 is 0 Å². The summed E-state index contributed by atoms with van der Waals surface area (Å²) in [6.07, 6.45) is 7.61. The highest BCUT2D eigenvalue weighted by molar-refractivity contribution is 5.37. The molecule has 1 aliphatic heterocycles. The molecule has 1 N–H and O–H groups in total. The van der Waals surface area contributed by atoms with Gasteiger partial charge in [-0.15, -0.1) is 0 Å². The Hall–Kier alpha value is -1.84. The van der Waals surface area contributed by atoms with Crippen molar-refractivity contribution in [2.24, 2.45) is 5.92 Å². The molecule has 150 valence electrons. The zero-order valence-electron chi connectivity index (χ0n) is 17.0. The lowest BCUT2D eigenvalue weighted by molar-refractivity contribution is 0.261. The molecule has 0 bridgehead atoms. The third-order valence-electron chi connectivity index (χ3n) is 6.16. The molecule has 1 heterocycles. The highest BCUT2D eigenvalue weighted by Gasteiger charge is 2.22. The fourth-order valence-corrected chi connectivity index (χ4v) is 4.60. The van der Waals surface area contributed by atoms with Gasteiger partial charge in [-0.1, -0.05) is 36.4 Å². The van der Waals surface area contributed by atoms with Gasteiger partial charge in [0.15, 0.2) is 0 Å². The lowest BCUT2D eigenvalue weighted by Crippen LogP contribution is -2.30. The first-order valence-electron chi connectivity index (χ1n) is 11.1. The van der Waals surface area contributed by atoms with E-state index in [0.29, 0.717) is 0 Å². The summed E-state index contributed by atoms with van der Waals surface area (Å²) < 4.78 is 6.01. The number of rotatable bonds is 9. The lowest BCUT2D eigenvalue weighted by Gasteiger charge is -2.28. The standard InChI is InChI=1S/C25H34N2O/c1-2-7-21(8-3-1)19-26-13-6-16-28-25-12-11-23-17-22(9-10-24(23)18-25)20-27-14-4-5-15-27/h1-3,7-8,11-12,18,22,26H,4-6,9-10,13-17,19-20H2. The van der Waals surface area contributed by atoms with Crippen molar-refractivity contribution < 1.29 is 4.74 Å². The van der Waals surface area contributed by atoms with E-state index < -0.39 is 0 Å². The molecule has 2 aliphatic rings. The molecule has 1 fully saturated rings. The van der Waals surface area contributed by atoms with Crippen molar-refractivity contribution in [3.8, 4) is 5.75 Å². The van der Waals surface area contributed by atoms with Crippen LogP contribution in [0, 0.1) is 5.92 Å². The maximum Gasteiger partial charge on any atom is 0.119 e. The molecule has 1 atom stereocenters. The van der Waals surface area contributed by atoms with Gasteiger partial charge in [0.1, 0.15) is 5.75 Å². The number of benzene rings is 2. The second-order valence-electron chi connectivity index (χ2n) is 8.41. The predicted molar refractivity (Wildman–Crippen MR) is 116 cm³/mol. The molecule has 1 aliphatic carbocycles. The van der Waals surface area contributed by atoms with E-state index in [0.717, 1.165) is 37.8 Å². The second kappa shape index (κ2) is 10.1. The maximum atomic E-state index is 6.01. The Bertz CT molecular complexity index is 725. The topological polar surface area (TPSA) is 24.5 Å². The van der Waals surface area contributed by atoms with E-state index in [1.54, 1.807) is 5.56 Å². The average molecular weight is 379 g/mol. The summed E-state index contributed by atoms with van der Waals surface area (Å²) in [5.41, 5.74) is 4.39. The molecular formula is C25H34N2O. The number of likely N-dealkylation sites (tertiary alicyclic amines) is 1. The Balaban J connectivity index is 1.16. The first-order chi connectivity index (χ1) is 13.9. The van der Waals surface area contributed by atoms with Crippen LogP contribution in [0.15, 0.2) is 48.5 Å². The molecule has 3 nitrogen and oxygen atoms in total. The zero-order chi connectivity index (χ0) is 19.0. The Morgan fingerprint density at radius 2 is 1.86 bits per heavy atom. The van der Waals surface area contributed by atoms with Crippen molar-refractivity contribution in [3.63, 3.8) is 0 Å². The van der Waals surface area contributed by atoms with E-state index in [4.69, 9.17) is 4.74 Å². The molecule has 0 amide bonds. The number of hydrogen-bond acceptors (Lipinski definition) is 3. The zero-order valence-corrected chi connectivity index (χ0v) is 17.0. The monoisotopic (exact) mass is 378 g/mol. The highest BCUT2D eigenvalue weighted by Crippen LogP contribution is 2.29. The largest absolute Gasteiger partial charge is 0.494 e. The molecule has 0 saturated carbocycles. The number of ether oxygens (including phenoxy) is 1. The van der Waals surface area contributed by atoms with Crippen molar-refractivity contribution in [2.45, 2.75) is 45.1 Å². The van der Waals surface area contributed by atoms with Crippen molar-refractivity contribution in [1.82, 2.24) is 10.2 Å². The summed E-state index contributed by atoms with van der Waals surface area (Å²) in [4.78, 5) is 2.67. The number of aryl methyl sites for hydroxylation is 1. The molecule has 3 heteroatoms. The van der Waals surface area contributed by atoms with Gasteiger partial charge in [0, 0.05) is 13.1 Å². The third-order valence-corrected chi connectivity index (χ3v) is 6.16. The first-order valence-corrected chi connectivity index (χ1v) is 11.1. The number of nitrogens with one attached hydrogen (secondary N) is 1. The summed E-state index contributed by atoms with van der Waals surface area (Å²) in [6, 6.07) is 17.3. The van der Waals surface area contributed by atoms with Crippen LogP contribution in [0.1, 0.15) is 42.4 Å². The van der Waals surface area contributed by atoms with E-state index in [2.05, 4.69) is 58.7 Å². The van der Waals surface area contributed by atoms with Gasteiger partial charge in [-0.25, -0.2) is 0 Å². The molecular weight excluding hydrogens is 344 g/mol. The molecule has 4 rings (SSSR count). The summed E-state index contributed by atoms with van der Waals surface area (Å²) in [5.74, 6) is 1.88. The Kier molecular flexibility index (Phi) is 7.01. The molecule has 0 aromatic heterocycles. The van der Waals surface area contributed by atoms with Gasteiger partial charge in [0.25, 0.3) is 0 Å². The number of nitrogens with zero attached hydrogens (tertiary/aromatic N) is 1. The first kappa shape index (κ1) is 19.5. The van der Waals surface area contributed by atoms with Crippen LogP contribution in [-0.4, -0.2) is 37.7 Å². The van der Waals surface area contributed by atoms with E-state index in [1.165, 1.54) is 62.9 Å². The molecule has 1 unspecified atom stereocenters. The maximum absolute atomic E-state index is 6.01. The predicted octanol–water partition coefficient (Wildman–Crippen LogP) is 4.45. The molecule has 2 aromatic carbocycles. The normalized spacial score (nSPS) is 19.5. The minimum absolute atomic E-state index is 0.776.